The van der Waals surface area contributed by atoms with Crippen molar-refractivity contribution in [3.63, 3.8) is 0 Å². The average molecular weight is 521 g/mol. The third-order valence-corrected chi connectivity index (χ3v) is 9.54. The van der Waals surface area contributed by atoms with Crippen LogP contribution in [0, 0.1) is 11.8 Å². The van der Waals surface area contributed by atoms with Crippen LogP contribution in [0.2, 0.25) is 0 Å². The molecular formula is C35H44N4. The summed E-state index contributed by atoms with van der Waals surface area (Å²) in [7, 11) is 0. The Labute approximate surface area is 234 Å². The Bertz CT molecular complexity index is 1320. The summed E-state index contributed by atoms with van der Waals surface area (Å²) >= 11 is 0. The van der Waals surface area contributed by atoms with Crippen molar-refractivity contribution in [1.82, 2.24) is 19.6 Å². The Kier molecular flexibility index (Phi) is 6.99. The van der Waals surface area contributed by atoms with E-state index in [0.717, 1.165) is 0 Å². The van der Waals surface area contributed by atoms with E-state index in [1.165, 1.54) is 70.7 Å². The van der Waals surface area contributed by atoms with Gasteiger partial charge in [0.1, 0.15) is 6.67 Å². The summed E-state index contributed by atoms with van der Waals surface area (Å²) in [6.45, 7) is 15.0. The van der Waals surface area contributed by atoms with Gasteiger partial charge in [-0.2, -0.15) is 10.2 Å². The molecule has 0 radical (unpaired) electrons. The second-order valence-electron chi connectivity index (χ2n) is 12.8. The fourth-order valence-corrected chi connectivity index (χ4v) is 7.41. The van der Waals surface area contributed by atoms with Gasteiger partial charge in [-0.05, 0) is 49.4 Å². The summed E-state index contributed by atoms with van der Waals surface area (Å²) in [6, 6.07) is 21.6. The summed E-state index contributed by atoms with van der Waals surface area (Å²) < 4.78 is 4.69. The maximum atomic E-state index is 5.42. The summed E-state index contributed by atoms with van der Waals surface area (Å²) in [5.74, 6) is 3.19. The molecule has 2 aliphatic rings. The highest BCUT2D eigenvalue weighted by atomic mass is 15.4. The molecule has 4 atom stereocenters. The van der Waals surface area contributed by atoms with Crippen LogP contribution in [0.15, 0.2) is 60.7 Å². The summed E-state index contributed by atoms with van der Waals surface area (Å²) in [5, 5.41) is 10.8. The van der Waals surface area contributed by atoms with E-state index in [-0.39, 0.29) is 0 Å². The van der Waals surface area contributed by atoms with Gasteiger partial charge in [-0.1, -0.05) is 102 Å². The molecule has 4 heteroatoms. The van der Waals surface area contributed by atoms with E-state index in [4.69, 9.17) is 10.2 Å². The normalized spacial score (nSPS) is 22.8. The van der Waals surface area contributed by atoms with Crippen molar-refractivity contribution < 1.29 is 0 Å². The predicted molar refractivity (Wildman–Crippen MR) is 161 cm³/mol. The molecule has 2 aromatic heterocycles. The second kappa shape index (κ2) is 10.4. The lowest BCUT2D eigenvalue weighted by atomic mass is 9.75. The lowest BCUT2D eigenvalue weighted by Crippen LogP contribution is -2.25. The zero-order valence-electron chi connectivity index (χ0n) is 24.6. The second-order valence-corrected chi connectivity index (χ2v) is 12.8. The zero-order chi connectivity index (χ0) is 27.3. The number of rotatable bonds is 6. The number of aromatic nitrogens is 4. The van der Waals surface area contributed by atoms with Crippen molar-refractivity contribution in [1.29, 1.82) is 0 Å². The highest BCUT2D eigenvalue weighted by Gasteiger charge is 2.37. The fourth-order valence-electron chi connectivity index (χ4n) is 7.41. The lowest BCUT2D eigenvalue weighted by molar-refractivity contribution is 0.348. The first-order chi connectivity index (χ1) is 18.8. The number of benzene rings is 2. The summed E-state index contributed by atoms with van der Waals surface area (Å²) in [6.07, 6.45) is 4.90. The minimum Gasteiger partial charge on any atom is -0.247 e. The van der Waals surface area contributed by atoms with Crippen LogP contribution in [0.3, 0.4) is 0 Å². The third kappa shape index (κ3) is 4.56. The predicted octanol–water partition coefficient (Wildman–Crippen LogP) is 9.19. The van der Waals surface area contributed by atoms with Crippen molar-refractivity contribution in [2.45, 2.75) is 97.6 Å². The van der Waals surface area contributed by atoms with Gasteiger partial charge in [-0.25, -0.2) is 9.36 Å². The zero-order valence-corrected chi connectivity index (χ0v) is 24.6. The van der Waals surface area contributed by atoms with Crippen LogP contribution in [-0.4, -0.2) is 19.6 Å². The molecule has 204 valence electrons. The fraction of sp³-hybridized carbons (Fsp3) is 0.486. The van der Waals surface area contributed by atoms with Crippen LogP contribution < -0.4 is 0 Å². The molecule has 0 bridgehead atoms. The summed E-state index contributed by atoms with van der Waals surface area (Å²) in [4.78, 5) is 0. The van der Waals surface area contributed by atoms with Crippen molar-refractivity contribution in [2.24, 2.45) is 11.8 Å². The van der Waals surface area contributed by atoms with E-state index in [9.17, 15) is 0 Å². The van der Waals surface area contributed by atoms with E-state index < -0.39 is 0 Å². The molecule has 2 aliphatic carbocycles. The molecule has 2 heterocycles. The van der Waals surface area contributed by atoms with Crippen LogP contribution in [0.25, 0.3) is 22.5 Å². The molecule has 2 aromatic carbocycles. The Balaban J connectivity index is 1.55. The van der Waals surface area contributed by atoms with E-state index >= 15 is 0 Å². The van der Waals surface area contributed by atoms with E-state index in [1.54, 1.807) is 0 Å². The van der Waals surface area contributed by atoms with Gasteiger partial charge in [-0.3, -0.25) is 0 Å². The Morgan fingerprint density at radius 1 is 0.615 bits per heavy atom. The van der Waals surface area contributed by atoms with Gasteiger partial charge in [0, 0.05) is 45.5 Å². The molecule has 0 spiro atoms. The topological polar surface area (TPSA) is 35.6 Å². The molecule has 4 aromatic rings. The van der Waals surface area contributed by atoms with E-state index in [2.05, 4.69) is 112 Å². The largest absolute Gasteiger partial charge is 0.247 e. The monoisotopic (exact) mass is 520 g/mol. The Morgan fingerprint density at radius 3 is 1.36 bits per heavy atom. The first-order valence-corrected chi connectivity index (χ1v) is 15.2. The highest BCUT2D eigenvalue weighted by Crippen LogP contribution is 2.48. The maximum absolute atomic E-state index is 5.42. The average Bonchev–Trinajstić information content (AvgIpc) is 3.51. The van der Waals surface area contributed by atoms with Gasteiger partial charge < -0.3 is 0 Å². The quantitative estimate of drug-likeness (QED) is 0.254. The minimum absolute atomic E-state index is 0.508. The van der Waals surface area contributed by atoms with Crippen LogP contribution >= 0.6 is 0 Å². The molecule has 0 saturated carbocycles. The van der Waals surface area contributed by atoms with Gasteiger partial charge in [-0.15, -0.1) is 0 Å². The molecule has 0 aliphatic heterocycles. The molecular weight excluding hydrogens is 476 g/mol. The molecule has 4 nitrogen and oxygen atoms in total. The molecule has 0 amide bonds. The lowest BCUT2D eigenvalue weighted by Gasteiger charge is -2.32. The minimum atomic E-state index is 0.508. The first kappa shape index (κ1) is 26.1. The maximum Gasteiger partial charge on any atom is 0.133 e. The van der Waals surface area contributed by atoms with Crippen molar-refractivity contribution >= 4 is 0 Å². The van der Waals surface area contributed by atoms with Crippen LogP contribution in [0.4, 0.5) is 0 Å². The smallest absolute Gasteiger partial charge is 0.133 e. The third-order valence-electron chi connectivity index (χ3n) is 9.54. The first-order valence-electron chi connectivity index (χ1n) is 15.2. The summed E-state index contributed by atoms with van der Waals surface area (Å²) in [5.41, 5.74) is 10.6. The number of fused-ring (bicyclic) bond motifs is 2. The highest BCUT2D eigenvalue weighted by molar-refractivity contribution is 5.67. The van der Waals surface area contributed by atoms with Crippen LogP contribution in [0.1, 0.15) is 113 Å². The number of hydrogen-bond donors (Lipinski definition) is 0. The van der Waals surface area contributed by atoms with Crippen molar-refractivity contribution in [2.75, 3.05) is 0 Å². The molecule has 6 rings (SSSR count). The van der Waals surface area contributed by atoms with Gasteiger partial charge >= 0.3 is 0 Å². The molecule has 0 unspecified atom stereocenters. The van der Waals surface area contributed by atoms with E-state index in [1.807, 2.05) is 0 Å². The molecule has 0 saturated heterocycles. The molecule has 0 N–H and O–H groups in total. The number of nitrogens with zero attached hydrogens (tertiary/aromatic N) is 4. The van der Waals surface area contributed by atoms with Gasteiger partial charge in [0.25, 0.3) is 0 Å². The molecule has 39 heavy (non-hydrogen) atoms. The van der Waals surface area contributed by atoms with Crippen LogP contribution in [0.5, 0.6) is 0 Å². The van der Waals surface area contributed by atoms with E-state index in [0.29, 0.717) is 42.2 Å². The van der Waals surface area contributed by atoms with Crippen molar-refractivity contribution in [3.8, 4) is 22.5 Å². The Morgan fingerprint density at radius 2 is 1.00 bits per heavy atom. The SMILES string of the molecule is CC(C)[C@@H]1CC[C@H](C)c2c(-c3ccccc3)nn(Cn3nc(-c4ccccc4)c4c3[C@@H](C(C)C)CC[C@H]4C)c21. The standard InChI is InChI=1S/C35H44N4/c1-22(2)28-19-17-24(5)30-32(26-13-9-7-10-14-26)36-38(34(28)30)21-39-35-29(23(3)4)20-18-25(6)31(35)33(37-39)27-15-11-8-12-16-27/h7-16,22-25,28-29H,17-21H2,1-6H3/t24-,25+,28-,29+. The molecule has 0 fully saturated rings. The van der Waals surface area contributed by atoms with Gasteiger partial charge in [0.2, 0.25) is 0 Å². The van der Waals surface area contributed by atoms with Crippen LogP contribution in [-0.2, 0) is 6.67 Å². The number of hydrogen-bond acceptors (Lipinski definition) is 2. The van der Waals surface area contributed by atoms with Gasteiger partial charge in [0.05, 0.1) is 11.4 Å². The van der Waals surface area contributed by atoms with Gasteiger partial charge in [0.15, 0.2) is 0 Å². The van der Waals surface area contributed by atoms with Crippen molar-refractivity contribution in [3.05, 3.63) is 83.2 Å². The Hall–Kier alpha value is -3.14.